The molecule has 0 radical (unpaired) electrons. The summed E-state index contributed by atoms with van der Waals surface area (Å²) in [5.74, 6) is 2.21. The SMILES string of the molecule is Cc1ccccc1NC(=O)N1CCCSCC1CN1CCCCC1. The zero-order chi connectivity index (χ0) is 16.8. The Bertz CT molecular complexity index is 545. The number of anilines is 1. The van der Waals surface area contributed by atoms with Crippen LogP contribution in [0.2, 0.25) is 0 Å². The predicted octanol–water partition coefficient (Wildman–Crippen LogP) is 3.82. The minimum Gasteiger partial charge on any atom is -0.319 e. The number of para-hydroxylation sites is 1. The van der Waals surface area contributed by atoms with E-state index >= 15 is 0 Å². The highest BCUT2D eigenvalue weighted by Gasteiger charge is 2.28. The number of piperidine rings is 1. The van der Waals surface area contributed by atoms with Gasteiger partial charge in [-0.2, -0.15) is 11.8 Å². The van der Waals surface area contributed by atoms with E-state index in [4.69, 9.17) is 0 Å². The van der Waals surface area contributed by atoms with Crippen molar-refractivity contribution in [1.29, 1.82) is 0 Å². The lowest BCUT2D eigenvalue weighted by molar-refractivity contribution is 0.151. The maximum Gasteiger partial charge on any atom is 0.322 e. The number of nitrogens with zero attached hydrogens (tertiary/aromatic N) is 2. The van der Waals surface area contributed by atoms with Gasteiger partial charge < -0.3 is 15.1 Å². The molecule has 2 fully saturated rings. The van der Waals surface area contributed by atoms with Gasteiger partial charge in [0.2, 0.25) is 0 Å². The summed E-state index contributed by atoms with van der Waals surface area (Å²) in [6, 6.07) is 8.39. The Morgan fingerprint density at radius 3 is 2.75 bits per heavy atom. The number of likely N-dealkylation sites (tertiary alicyclic amines) is 1. The normalized spacial score (nSPS) is 22.9. The molecular formula is C19H29N3OS. The van der Waals surface area contributed by atoms with E-state index in [9.17, 15) is 4.79 Å². The first-order valence-corrected chi connectivity index (χ1v) is 10.3. The van der Waals surface area contributed by atoms with Gasteiger partial charge in [-0.3, -0.25) is 0 Å². The third-order valence-electron chi connectivity index (χ3n) is 5.00. The number of nitrogens with one attached hydrogen (secondary N) is 1. The highest BCUT2D eigenvalue weighted by molar-refractivity contribution is 7.99. The van der Waals surface area contributed by atoms with Crippen LogP contribution >= 0.6 is 11.8 Å². The summed E-state index contributed by atoms with van der Waals surface area (Å²) in [7, 11) is 0. The van der Waals surface area contributed by atoms with Crippen LogP contribution in [0.5, 0.6) is 0 Å². The molecule has 4 nitrogen and oxygen atoms in total. The summed E-state index contributed by atoms with van der Waals surface area (Å²) in [5.41, 5.74) is 2.04. The summed E-state index contributed by atoms with van der Waals surface area (Å²) in [6.45, 7) is 6.30. The maximum atomic E-state index is 12.9. The van der Waals surface area contributed by atoms with E-state index in [-0.39, 0.29) is 6.03 Å². The van der Waals surface area contributed by atoms with Crippen molar-refractivity contribution in [1.82, 2.24) is 9.80 Å². The van der Waals surface area contributed by atoms with E-state index in [1.807, 2.05) is 43.0 Å². The number of amides is 2. The number of hydrogen-bond acceptors (Lipinski definition) is 3. The van der Waals surface area contributed by atoms with Crippen LogP contribution in [-0.4, -0.2) is 59.6 Å². The van der Waals surface area contributed by atoms with Gasteiger partial charge in [0.1, 0.15) is 0 Å². The fraction of sp³-hybridized carbons (Fsp3) is 0.632. The molecule has 1 N–H and O–H groups in total. The standard InChI is InChI=1S/C19H29N3OS/c1-16-8-3-4-9-18(16)20-19(23)22-12-7-13-24-15-17(22)14-21-10-5-2-6-11-21/h3-4,8-9,17H,2,5-7,10-15H2,1H3,(H,20,23). The molecule has 0 spiro atoms. The summed E-state index contributed by atoms with van der Waals surface area (Å²) < 4.78 is 0. The van der Waals surface area contributed by atoms with Crippen molar-refractivity contribution < 1.29 is 4.79 Å². The lowest BCUT2D eigenvalue weighted by Crippen LogP contribution is -2.50. The molecular weight excluding hydrogens is 318 g/mol. The highest BCUT2D eigenvalue weighted by atomic mass is 32.2. The zero-order valence-electron chi connectivity index (χ0n) is 14.7. The van der Waals surface area contributed by atoms with Crippen LogP contribution in [0.15, 0.2) is 24.3 Å². The van der Waals surface area contributed by atoms with Crippen LogP contribution in [0, 0.1) is 6.92 Å². The van der Waals surface area contributed by atoms with Crippen molar-refractivity contribution in [2.75, 3.05) is 43.0 Å². The van der Waals surface area contributed by atoms with Gasteiger partial charge in [-0.1, -0.05) is 24.6 Å². The van der Waals surface area contributed by atoms with E-state index in [1.54, 1.807) is 0 Å². The molecule has 0 saturated carbocycles. The predicted molar refractivity (Wildman–Crippen MR) is 103 cm³/mol. The van der Waals surface area contributed by atoms with Crippen molar-refractivity contribution >= 4 is 23.5 Å². The Labute approximate surface area is 150 Å². The molecule has 24 heavy (non-hydrogen) atoms. The van der Waals surface area contributed by atoms with Gasteiger partial charge in [0.15, 0.2) is 0 Å². The number of thioether (sulfide) groups is 1. The van der Waals surface area contributed by atoms with Crippen molar-refractivity contribution in [2.45, 2.75) is 38.6 Å². The van der Waals surface area contributed by atoms with Gasteiger partial charge in [-0.25, -0.2) is 4.79 Å². The second-order valence-electron chi connectivity index (χ2n) is 6.88. The van der Waals surface area contributed by atoms with E-state index in [2.05, 4.69) is 15.1 Å². The molecule has 132 valence electrons. The van der Waals surface area contributed by atoms with E-state index in [1.165, 1.54) is 32.4 Å². The number of rotatable bonds is 3. The van der Waals surface area contributed by atoms with Crippen LogP contribution in [0.1, 0.15) is 31.2 Å². The van der Waals surface area contributed by atoms with E-state index < -0.39 is 0 Å². The lowest BCUT2D eigenvalue weighted by atomic mass is 10.1. The molecule has 1 unspecified atom stereocenters. The summed E-state index contributed by atoms with van der Waals surface area (Å²) in [6.07, 6.45) is 5.04. The van der Waals surface area contributed by atoms with Crippen LogP contribution in [0.25, 0.3) is 0 Å². The van der Waals surface area contributed by atoms with Crippen LogP contribution in [0.3, 0.4) is 0 Å². The van der Waals surface area contributed by atoms with E-state index in [0.717, 1.165) is 42.3 Å². The minimum absolute atomic E-state index is 0.0637. The molecule has 2 heterocycles. The Hall–Kier alpha value is -1.20. The average molecular weight is 348 g/mol. The number of urea groups is 1. The number of benzene rings is 1. The monoisotopic (exact) mass is 347 g/mol. The smallest absolute Gasteiger partial charge is 0.319 e. The molecule has 2 amide bonds. The molecule has 5 heteroatoms. The first-order chi connectivity index (χ1) is 11.7. The fourth-order valence-electron chi connectivity index (χ4n) is 3.59. The van der Waals surface area contributed by atoms with Crippen LogP contribution in [-0.2, 0) is 0 Å². The molecule has 1 aromatic carbocycles. The largest absolute Gasteiger partial charge is 0.322 e. The summed E-state index contributed by atoms with van der Waals surface area (Å²) in [5, 5.41) is 3.13. The molecule has 0 aromatic heterocycles. The third kappa shape index (κ3) is 4.67. The zero-order valence-corrected chi connectivity index (χ0v) is 15.5. The van der Waals surface area contributed by atoms with Gasteiger partial charge in [-0.15, -0.1) is 0 Å². The molecule has 1 atom stereocenters. The van der Waals surface area contributed by atoms with Gasteiger partial charge in [0, 0.05) is 24.5 Å². The summed E-state index contributed by atoms with van der Waals surface area (Å²) in [4.78, 5) is 17.5. The Morgan fingerprint density at radius 1 is 1.17 bits per heavy atom. The Kier molecular flexibility index (Phi) is 6.44. The number of carbonyl (C=O) groups is 1. The molecule has 1 aromatic rings. The Morgan fingerprint density at radius 2 is 1.96 bits per heavy atom. The molecule has 0 aliphatic carbocycles. The van der Waals surface area contributed by atoms with Crippen molar-refractivity contribution in [3.63, 3.8) is 0 Å². The van der Waals surface area contributed by atoms with E-state index in [0.29, 0.717) is 6.04 Å². The topological polar surface area (TPSA) is 35.6 Å². The van der Waals surface area contributed by atoms with Gasteiger partial charge in [-0.05, 0) is 56.7 Å². The minimum atomic E-state index is 0.0637. The fourth-order valence-corrected chi connectivity index (χ4v) is 4.65. The highest BCUT2D eigenvalue weighted by Crippen LogP contribution is 2.21. The van der Waals surface area contributed by atoms with Crippen molar-refractivity contribution in [3.8, 4) is 0 Å². The van der Waals surface area contributed by atoms with Crippen LogP contribution in [0.4, 0.5) is 10.5 Å². The average Bonchev–Trinajstić information content (AvgIpc) is 2.83. The Balaban J connectivity index is 1.66. The maximum absolute atomic E-state index is 12.9. The lowest BCUT2D eigenvalue weighted by Gasteiger charge is -2.35. The number of hydrogen-bond donors (Lipinski definition) is 1. The quantitative estimate of drug-likeness (QED) is 0.903. The van der Waals surface area contributed by atoms with Gasteiger partial charge >= 0.3 is 6.03 Å². The molecule has 0 bridgehead atoms. The summed E-state index contributed by atoms with van der Waals surface area (Å²) >= 11 is 1.99. The second kappa shape index (κ2) is 8.77. The third-order valence-corrected chi connectivity index (χ3v) is 6.20. The van der Waals surface area contributed by atoms with Crippen molar-refractivity contribution in [2.24, 2.45) is 0 Å². The first-order valence-electron chi connectivity index (χ1n) is 9.17. The molecule has 3 rings (SSSR count). The molecule has 2 aliphatic heterocycles. The number of aryl methyl sites for hydroxylation is 1. The number of carbonyl (C=O) groups excluding carboxylic acids is 1. The van der Waals surface area contributed by atoms with Crippen molar-refractivity contribution in [3.05, 3.63) is 29.8 Å². The first kappa shape index (κ1) is 17.6. The molecule has 2 aliphatic rings. The second-order valence-corrected chi connectivity index (χ2v) is 8.03. The van der Waals surface area contributed by atoms with Gasteiger partial charge in [0.25, 0.3) is 0 Å². The molecule has 2 saturated heterocycles. The van der Waals surface area contributed by atoms with Gasteiger partial charge in [0.05, 0.1) is 6.04 Å². The van der Waals surface area contributed by atoms with Crippen LogP contribution < -0.4 is 5.32 Å².